The van der Waals surface area contributed by atoms with Crippen molar-refractivity contribution in [1.29, 1.82) is 0 Å². The maximum Gasteiger partial charge on any atom is 0.330 e. The Morgan fingerprint density at radius 1 is 1.00 bits per heavy atom. The minimum absolute atomic E-state index is 0.105. The number of nitrogens with zero attached hydrogens (tertiary/aromatic N) is 1. The molecule has 0 heterocycles. The monoisotopic (exact) mass is 527 g/mol. The van der Waals surface area contributed by atoms with Gasteiger partial charge in [-0.15, -0.1) is 0 Å². The van der Waals surface area contributed by atoms with Crippen LogP contribution < -0.4 is 10.6 Å². The lowest BCUT2D eigenvalue weighted by molar-refractivity contribution is -0.140. The Morgan fingerprint density at radius 2 is 1.58 bits per heavy atom. The molecule has 2 amide bonds. The quantitative estimate of drug-likeness (QED) is 0.235. The van der Waals surface area contributed by atoms with Gasteiger partial charge in [0, 0.05) is 18.5 Å². The van der Waals surface area contributed by atoms with E-state index in [2.05, 4.69) is 10.6 Å². The van der Waals surface area contributed by atoms with Crippen molar-refractivity contribution in [2.75, 3.05) is 20.7 Å². The normalized spacial score (nSPS) is 15.2. The van der Waals surface area contributed by atoms with Gasteiger partial charge >= 0.3 is 5.97 Å². The van der Waals surface area contributed by atoms with Gasteiger partial charge in [-0.05, 0) is 37.8 Å². The van der Waals surface area contributed by atoms with E-state index in [4.69, 9.17) is 4.74 Å². The highest BCUT2D eigenvalue weighted by Gasteiger charge is 2.41. The lowest BCUT2D eigenvalue weighted by atomic mass is 9.76. The zero-order valence-electron chi connectivity index (χ0n) is 25.2. The van der Waals surface area contributed by atoms with Crippen LogP contribution in [0.5, 0.6) is 0 Å². The molecule has 0 saturated heterocycles. The van der Waals surface area contributed by atoms with Crippen LogP contribution in [0.3, 0.4) is 0 Å². The third-order valence-corrected chi connectivity index (χ3v) is 6.87. The number of ether oxygens (including phenoxy) is 1. The maximum absolute atomic E-state index is 13.9. The number of esters is 1. The molecule has 0 radical (unpaired) electrons. The maximum atomic E-state index is 13.9. The van der Waals surface area contributed by atoms with Crippen LogP contribution in [0.15, 0.2) is 54.1 Å². The first-order valence-electron chi connectivity index (χ1n) is 13.4. The second-order valence-corrected chi connectivity index (χ2v) is 11.8. The van der Waals surface area contributed by atoms with Crippen LogP contribution in [0.25, 0.3) is 0 Å². The fourth-order valence-corrected chi connectivity index (χ4v) is 4.55. The summed E-state index contributed by atoms with van der Waals surface area (Å²) in [5.41, 5.74) is 0.831. The predicted octanol–water partition coefficient (Wildman–Crippen LogP) is 4.63. The molecule has 0 spiro atoms. The molecule has 2 N–H and O–H groups in total. The van der Waals surface area contributed by atoms with Gasteiger partial charge in [-0.25, -0.2) is 4.79 Å². The van der Waals surface area contributed by atoms with Crippen LogP contribution in [0, 0.1) is 11.3 Å². The number of hydrogen-bond donors (Lipinski definition) is 2. The minimum Gasteiger partial charge on any atom is -0.463 e. The molecule has 0 fully saturated rings. The van der Waals surface area contributed by atoms with Gasteiger partial charge in [-0.2, -0.15) is 0 Å². The number of allylic oxidation sites excluding steroid dienone is 2. The molecule has 0 aliphatic carbocycles. The zero-order valence-corrected chi connectivity index (χ0v) is 25.2. The lowest BCUT2D eigenvalue weighted by Crippen LogP contribution is -2.61. The van der Waals surface area contributed by atoms with Gasteiger partial charge < -0.3 is 20.3 Å². The van der Waals surface area contributed by atoms with Crippen molar-refractivity contribution in [3.8, 4) is 0 Å². The highest BCUT2D eigenvalue weighted by Crippen LogP contribution is 2.29. The molecule has 1 rings (SSSR count). The molecule has 1 aromatic rings. The molecule has 0 saturated carbocycles. The highest BCUT2D eigenvalue weighted by molar-refractivity contribution is 5.91. The van der Waals surface area contributed by atoms with Crippen molar-refractivity contribution in [3.63, 3.8) is 0 Å². The Labute approximate surface area is 230 Å². The molecular formula is C31H49N3O4. The van der Waals surface area contributed by atoms with Gasteiger partial charge in [-0.1, -0.05) is 96.5 Å². The molecule has 0 aromatic heterocycles. The van der Waals surface area contributed by atoms with Crippen molar-refractivity contribution < 1.29 is 19.1 Å². The summed E-state index contributed by atoms with van der Waals surface area (Å²) in [6.45, 7) is 17.9. The predicted molar refractivity (Wildman–Crippen MR) is 155 cm³/mol. The third kappa shape index (κ3) is 9.12. The smallest absolute Gasteiger partial charge is 0.330 e. The molecule has 1 aromatic carbocycles. The van der Waals surface area contributed by atoms with Crippen molar-refractivity contribution in [2.45, 2.75) is 85.9 Å². The van der Waals surface area contributed by atoms with Crippen LogP contribution in [0.4, 0.5) is 0 Å². The molecule has 212 valence electrons. The summed E-state index contributed by atoms with van der Waals surface area (Å²) in [7, 11) is 3.53. The molecule has 1 unspecified atom stereocenters. The van der Waals surface area contributed by atoms with Crippen molar-refractivity contribution in [2.24, 2.45) is 11.3 Å². The molecular weight excluding hydrogens is 478 g/mol. The standard InChI is InChI=1S/C31H49N3O4/c1-12-38-25(35)19-18-22(4)20-24(21(2)3)34(11)29(37)27(30(5,6)7)33-28(36)26(32-10)31(8,9)23-16-14-13-15-17-23/h13-21,24,26-27,32H,12H2,1-11H3,(H,33,36)/b19-18+,22-20+/t24-,26-,27?/m1/s1. The first-order valence-corrected chi connectivity index (χ1v) is 13.4. The molecule has 38 heavy (non-hydrogen) atoms. The summed E-state index contributed by atoms with van der Waals surface area (Å²) in [5.74, 6) is -0.698. The van der Waals surface area contributed by atoms with E-state index in [1.54, 1.807) is 32.0 Å². The number of hydrogen-bond acceptors (Lipinski definition) is 5. The van der Waals surface area contributed by atoms with Gasteiger partial charge in [0.2, 0.25) is 11.8 Å². The second-order valence-electron chi connectivity index (χ2n) is 11.8. The van der Waals surface area contributed by atoms with Gasteiger partial charge in [0.25, 0.3) is 0 Å². The zero-order chi connectivity index (χ0) is 29.3. The number of carbonyl (C=O) groups excluding carboxylic acids is 3. The fourth-order valence-electron chi connectivity index (χ4n) is 4.55. The summed E-state index contributed by atoms with van der Waals surface area (Å²) in [6, 6.07) is 8.36. The Morgan fingerprint density at radius 3 is 2.05 bits per heavy atom. The fraction of sp³-hybridized carbons (Fsp3) is 0.581. The van der Waals surface area contributed by atoms with E-state index >= 15 is 0 Å². The third-order valence-electron chi connectivity index (χ3n) is 6.87. The Kier molecular flexibility index (Phi) is 12.4. The SMILES string of the molecule is CCOC(=O)/C=C/C(C)=C/[C@H](C(C)C)N(C)C(=O)C(NC(=O)[C@@H](NC)C(C)(C)c1ccccc1)C(C)(C)C. The van der Waals surface area contributed by atoms with Crippen molar-refractivity contribution in [1.82, 2.24) is 15.5 Å². The molecule has 0 aliphatic rings. The Bertz CT molecular complexity index is 990. The van der Waals surface area contributed by atoms with E-state index in [9.17, 15) is 14.4 Å². The second kappa shape index (κ2) is 14.3. The number of likely N-dealkylation sites (N-methyl/N-ethyl adjacent to an activating group) is 2. The topological polar surface area (TPSA) is 87.7 Å². The largest absolute Gasteiger partial charge is 0.463 e. The summed E-state index contributed by atoms with van der Waals surface area (Å²) >= 11 is 0. The van der Waals surface area contributed by atoms with Gasteiger partial charge in [0.05, 0.1) is 18.7 Å². The van der Waals surface area contributed by atoms with Crippen LogP contribution in [0.1, 0.15) is 67.9 Å². The summed E-state index contributed by atoms with van der Waals surface area (Å²) in [5, 5.41) is 6.25. The van der Waals surface area contributed by atoms with E-state index in [1.165, 1.54) is 6.08 Å². The van der Waals surface area contributed by atoms with Gasteiger partial charge in [-0.3, -0.25) is 9.59 Å². The van der Waals surface area contributed by atoms with Crippen LogP contribution >= 0.6 is 0 Å². The number of benzene rings is 1. The first-order chi connectivity index (χ1) is 17.6. The van der Waals surface area contributed by atoms with Gasteiger partial charge in [0.15, 0.2) is 0 Å². The summed E-state index contributed by atoms with van der Waals surface area (Å²) < 4.78 is 4.95. The Hall–Kier alpha value is -2.93. The molecule has 3 atom stereocenters. The van der Waals surface area contributed by atoms with E-state index in [0.717, 1.165) is 11.1 Å². The molecule has 0 aliphatic heterocycles. The van der Waals surface area contributed by atoms with Gasteiger partial charge in [0.1, 0.15) is 6.04 Å². The lowest BCUT2D eigenvalue weighted by Gasteiger charge is -2.40. The minimum atomic E-state index is -0.743. The summed E-state index contributed by atoms with van der Waals surface area (Å²) in [4.78, 5) is 41.0. The Balaban J connectivity index is 3.25. The number of carbonyl (C=O) groups is 3. The van der Waals surface area contributed by atoms with Crippen LogP contribution in [0.2, 0.25) is 0 Å². The van der Waals surface area contributed by atoms with Crippen LogP contribution in [-0.4, -0.2) is 61.5 Å². The first kappa shape index (κ1) is 33.1. The average Bonchev–Trinajstić information content (AvgIpc) is 2.83. The van der Waals surface area contributed by atoms with E-state index in [0.29, 0.717) is 6.61 Å². The molecule has 0 bridgehead atoms. The molecule has 7 nitrogen and oxygen atoms in total. The number of rotatable bonds is 12. The molecule has 7 heteroatoms. The average molecular weight is 528 g/mol. The van der Waals surface area contributed by atoms with Crippen LogP contribution in [-0.2, 0) is 24.5 Å². The van der Waals surface area contributed by atoms with Crippen molar-refractivity contribution >= 4 is 17.8 Å². The number of nitrogens with one attached hydrogen (secondary N) is 2. The van der Waals surface area contributed by atoms with E-state index in [-0.39, 0.29) is 23.8 Å². The highest BCUT2D eigenvalue weighted by atomic mass is 16.5. The van der Waals surface area contributed by atoms with E-state index in [1.807, 2.05) is 91.8 Å². The van der Waals surface area contributed by atoms with E-state index < -0.39 is 28.9 Å². The number of amides is 2. The summed E-state index contributed by atoms with van der Waals surface area (Å²) in [6.07, 6.45) is 5.05. The van der Waals surface area contributed by atoms with Crippen molar-refractivity contribution in [3.05, 3.63) is 59.7 Å².